The Balaban J connectivity index is 1.53. The molecule has 0 aliphatic rings. The molecule has 1 amide bonds. The largest absolute Gasteiger partial charge is 0.467 e. The highest BCUT2D eigenvalue weighted by Gasteiger charge is 2.19. The summed E-state index contributed by atoms with van der Waals surface area (Å²) in [7, 11) is 0. The maximum absolute atomic E-state index is 12.3. The fourth-order valence-corrected chi connectivity index (χ4v) is 4.15. The van der Waals surface area contributed by atoms with Crippen LogP contribution in [0.4, 0.5) is 10.9 Å². The van der Waals surface area contributed by atoms with Gasteiger partial charge in [-0.25, -0.2) is 4.98 Å². The van der Waals surface area contributed by atoms with Crippen LogP contribution in [0.2, 0.25) is 10.0 Å². The van der Waals surface area contributed by atoms with Crippen LogP contribution in [0.25, 0.3) is 0 Å². The molecule has 0 radical (unpaired) electrons. The third-order valence-electron chi connectivity index (χ3n) is 3.10. The number of nitrogens with one attached hydrogen (secondary N) is 2. The molecule has 0 fully saturated rings. The van der Waals surface area contributed by atoms with E-state index in [-0.39, 0.29) is 16.7 Å². The molecule has 3 aromatic heterocycles. The smallest absolute Gasteiger partial charge is 0.238 e. The van der Waals surface area contributed by atoms with E-state index in [4.69, 9.17) is 27.6 Å². The Hall–Kier alpha value is -1.81. The van der Waals surface area contributed by atoms with Gasteiger partial charge in [0, 0.05) is 6.20 Å². The molecule has 0 saturated carbocycles. The van der Waals surface area contributed by atoms with Crippen LogP contribution in [-0.4, -0.2) is 26.3 Å². The van der Waals surface area contributed by atoms with Gasteiger partial charge in [0.2, 0.25) is 11.0 Å². The summed E-state index contributed by atoms with van der Waals surface area (Å²) in [4.78, 5) is 16.3. The Kier molecular flexibility index (Phi) is 6.36. The van der Waals surface area contributed by atoms with Gasteiger partial charge in [0.05, 0.1) is 28.1 Å². The Labute approximate surface area is 167 Å². The predicted molar refractivity (Wildman–Crippen MR) is 104 cm³/mol. The van der Waals surface area contributed by atoms with Gasteiger partial charge in [0.25, 0.3) is 0 Å². The second-order valence-corrected chi connectivity index (χ2v) is 8.45. The lowest BCUT2D eigenvalue weighted by atomic mass is 10.4. The molecule has 0 aromatic carbocycles. The van der Waals surface area contributed by atoms with E-state index in [1.54, 1.807) is 13.2 Å². The van der Waals surface area contributed by atoms with E-state index in [0.717, 1.165) is 5.76 Å². The highest BCUT2D eigenvalue weighted by Crippen LogP contribution is 2.30. The van der Waals surface area contributed by atoms with Gasteiger partial charge in [-0.3, -0.25) is 4.79 Å². The number of amides is 1. The molecule has 3 rings (SSSR count). The van der Waals surface area contributed by atoms with Gasteiger partial charge in [-0.2, -0.15) is 0 Å². The minimum atomic E-state index is -0.408. The molecule has 2 N–H and O–H groups in total. The van der Waals surface area contributed by atoms with E-state index in [1.165, 1.54) is 35.4 Å². The second kappa shape index (κ2) is 8.72. The van der Waals surface area contributed by atoms with E-state index in [0.29, 0.717) is 21.0 Å². The van der Waals surface area contributed by atoms with Crippen molar-refractivity contribution in [1.82, 2.24) is 15.2 Å². The molecule has 26 heavy (non-hydrogen) atoms. The Morgan fingerprint density at radius 2 is 2.27 bits per heavy atom. The molecule has 0 aliphatic carbocycles. The summed E-state index contributed by atoms with van der Waals surface area (Å²) in [6, 6.07) is 5.21. The molecule has 11 heteroatoms. The average Bonchev–Trinajstić information content (AvgIpc) is 3.27. The third-order valence-corrected chi connectivity index (χ3v) is 5.66. The van der Waals surface area contributed by atoms with Crippen LogP contribution >= 0.6 is 46.3 Å². The fraction of sp³-hybridized carbons (Fsp3) is 0.200. The van der Waals surface area contributed by atoms with Crippen LogP contribution in [0.1, 0.15) is 12.7 Å². The molecule has 1 unspecified atom stereocenters. The minimum Gasteiger partial charge on any atom is -0.467 e. The van der Waals surface area contributed by atoms with Crippen LogP contribution in [0.15, 0.2) is 39.4 Å². The van der Waals surface area contributed by atoms with E-state index in [1.807, 2.05) is 12.1 Å². The van der Waals surface area contributed by atoms with Gasteiger partial charge in [-0.05, 0) is 25.1 Å². The topological polar surface area (TPSA) is 92.9 Å². The average molecular weight is 430 g/mol. The van der Waals surface area contributed by atoms with Crippen molar-refractivity contribution in [2.75, 3.05) is 10.6 Å². The van der Waals surface area contributed by atoms with Crippen LogP contribution in [-0.2, 0) is 11.3 Å². The highest BCUT2D eigenvalue weighted by molar-refractivity contribution is 8.02. The standard InChI is InChI=1S/C15H13Cl2N5O2S2/c1-8(13(23)20-12-11(17)5-9(16)6-18-12)25-15-22-21-14(26-15)19-7-10-3-2-4-24-10/h2-6,8H,7H2,1H3,(H,19,21)(H,18,20,23). The number of hydrogen-bond donors (Lipinski definition) is 2. The number of carbonyl (C=O) groups excluding carboxylic acids is 1. The maximum atomic E-state index is 12.3. The number of nitrogens with zero attached hydrogens (tertiary/aromatic N) is 3. The molecule has 0 saturated heterocycles. The first kappa shape index (κ1) is 19.0. The van der Waals surface area contributed by atoms with Crippen molar-refractivity contribution in [3.8, 4) is 0 Å². The zero-order chi connectivity index (χ0) is 18.5. The van der Waals surface area contributed by atoms with Gasteiger partial charge in [-0.15, -0.1) is 10.2 Å². The number of pyridine rings is 1. The van der Waals surface area contributed by atoms with Crippen molar-refractivity contribution in [2.24, 2.45) is 0 Å². The first-order chi connectivity index (χ1) is 12.5. The minimum absolute atomic E-state index is 0.244. The summed E-state index contributed by atoms with van der Waals surface area (Å²) in [5.41, 5.74) is 0. The molecule has 0 bridgehead atoms. The first-order valence-electron chi connectivity index (χ1n) is 7.39. The number of aromatic nitrogens is 3. The summed E-state index contributed by atoms with van der Waals surface area (Å²) in [5.74, 6) is 0.827. The molecule has 3 heterocycles. The third kappa shape index (κ3) is 5.10. The number of thioether (sulfide) groups is 1. The summed E-state index contributed by atoms with van der Waals surface area (Å²) in [6.07, 6.45) is 3.03. The zero-order valence-corrected chi connectivity index (χ0v) is 16.5. The van der Waals surface area contributed by atoms with Gasteiger partial charge in [-0.1, -0.05) is 46.3 Å². The van der Waals surface area contributed by atoms with Crippen LogP contribution in [0.5, 0.6) is 0 Å². The number of hydrogen-bond acceptors (Lipinski definition) is 8. The molecule has 1 atom stereocenters. The zero-order valence-electron chi connectivity index (χ0n) is 13.4. The van der Waals surface area contributed by atoms with Gasteiger partial charge in [0.1, 0.15) is 5.76 Å². The fourth-order valence-electron chi connectivity index (χ4n) is 1.83. The lowest BCUT2D eigenvalue weighted by Gasteiger charge is -2.10. The first-order valence-corrected chi connectivity index (χ1v) is 9.85. The van der Waals surface area contributed by atoms with Crippen molar-refractivity contribution in [3.05, 3.63) is 46.5 Å². The van der Waals surface area contributed by atoms with Crippen molar-refractivity contribution >= 4 is 63.2 Å². The Morgan fingerprint density at radius 3 is 3.00 bits per heavy atom. The normalized spacial score (nSPS) is 12.0. The monoisotopic (exact) mass is 429 g/mol. The van der Waals surface area contributed by atoms with E-state index in [2.05, 4.69) is 25.8 Å². The molecule has 3 aromatic rings. The SMILES string of the molecule is CC(Sc1nnc(NCc2ccco2)s1)C(=O)Nc1ncc(Cl)cc1Cl. The molecule has 0 aliphatic heterocycles. The Morgan fingerprint density at radius 1 is 1.42 bits per heavy atom. The summed E-state index contributed by atoms with van der Waals surface area (Å²) < 4.78 is 5.91. The van der Waals surface area contributed by atoms with E-state index < -0.39 is 5.25 Å². The second-order valence-electron chi connectivity index (χ2n) is 5.04. The highest BCUT2D eigenvalue weighted by atomic mass is 35.5. The summed E-state index contributed by atoms with van der Waals surface area (Å²) >= 11 is 14.5. The van der Waals surface area contributed by atoms with Crippen molar-refractivity contribution in [1.29, 1.82) is 0 Å². The quantitative estimate of drug-likeness (QED) is 0.531. The number of rotatable bonds is 7. The van der Waals surface area contributed by atoms with Crippen LogP contribution < -0.4 is 10.6 Å². The molecule has 136 valence electrons. The number of furan rings is 1. The van der Waals surface area contributed by atoms with Gasteiger partial charge in [0.15, 0.2) is 10.2 Å². The number of carbonyl (C=O) groups is 1. The van der Waals surface area contributed by atoms with Gasteiger partial charge >= 0.3 is 0 Å². The van der Waals surface area contributed by atoms with Crippen LogP contribution in [0.3, 0.4) is 0 Å². The predicted octanol–water partition coefficient (Wildman–Crippen LogP) is 4.56. The molecular weight excluding hydrogens is 417 g/mol. The van der Waals surface area contributed by atoms with E-state index in [9.17, 15) is 4.79 Å². The van der Waals surface area contributed by atoms with Crippen molar-refractivity contribution in [2.45, 2.75) is 23.1 Å². The maximum Gasteiger partial charge on any atom is 0.238 e. The summed E-state index contributed by atoms with van der Waals surface area (Å²) in [5, 5.41) is 14.8. The Bertz CT molecular complexity index is 888. The molecule has 0 spiro atoms. The molecule has 7 nitrogen and oxygen atoms in total. The molecular formula is C15H13Cl2N5O2S2. The van der Waals surface area contributed by atoms with Gasteiger partial charge < -0.3 is 15.1 Å². The summed E-state index contributed by atoms with van der Waals surface area (Å²) in [6.45, 7) is 2.28. The number of anilines is 2. The lowest BCUT2D eigenvalue weighted by molar-refractivity contribution is -0.115. The number of halogens is 2. The van der Waals surface area contributed by atoms with Crippen molar-refractivity contribution in [3.63, 3.8) is 0 Å². The van der Waals surface area contributed by atoms with E-state index >= 15 is 0 Å². The lowest BCUT2D eigenvalue weighted by Crippen LogP contribution is -2.23. The van der Waals surface area contributed by atoms with Crippen LogP contribution in [0, 0.1) is 0 Å². The van der Waals surface area contributed by atoms with Crippen molar-refractivity contribution < 1.29 is 9.21 Å².